The molecule has 2 N–H and O–H groups in total. The zero-order valence-corrected chi connectivity index (χ0v) is 15.2. The van der Waals surface area contributed by atoms with Crippen molar-refractivity contribution in [1.82, 2.24) is 5.32 Å². The Kier molecular flexibility index (Phi) is 7.10. The molecule has 0 radical (unpaired) electrons. The van der Waals surface area contributed by atoms with E-state index in [1.54, 1.807) is 18.2 Å². The Morgan fingerprint density at radius 2 is 1.80 bits per heavy atom. The van der Waals surface area contributed by atoms with E-state index in [2.05, 4.69) is 15.4 Å². The molecule has 0 spiro atoms. The van der Waals surface area contributed by atoms with Gasteiger partial charge in [-0.05, 0) is 42.3 Å². The van der Waals surface area contributed by atoms with Gasteiger partial charge in [-0.2, -0.15) is 0 Å². The van der Waals surface area contributed by atoms with Gasteiger partial charge in [0.15, 0.2) is 0 Å². The largest absolute Gasteiger partial charge is 0.465 e. The van der Waals surface area contributed by atoms with Crippen molar-refractivity contribution in [1.29, 1.82) is 0 Å². The Hall–Kier alpha value is -2.24. The summed E-state index contributed by atoms with van der Waals surface area (Å²) in [6.45, 7) is 0.559. The molecular weight excluding hydrogens is 363 g/mol. The second-order valence-corrected chi connectivity index (χ2v) is 6.11. The van der Waals surface area contributed by atoms with Gasteiger partial charge in [0, 0.05) is 11.6 Å². The molecule has 0 fully saturated rings. The van der Waals surface area contributed by atoms with Gasteiger partial charge in [-0.1, -0.05) is 35.3 Å². The molecule has 0 aliphatic carbocycles. The van der Waals surface area contributed by atoms with Crippen LogP contribution in [0.25, 0.3) is 0 Å². The molecule has 0 atom stereocenters. The molecule has 0 aliphatic rings. The fraction of sp³-hybridized carbons (Fsp3) is 0.222. The summed E-state index contributed by atoms with van der Waals surface area (Å²) in [4.78, 5) is 23.4. The Balaban J connectivity index is 1.81. The van der Waals surface area contributed by atoms with Crippen LogP contribution >= 0.6 is 23.2 Å². The van der Waals surface area contributed by atoms with Crippen molar-refractivity contribution in [2.75, 3.05) is 25.5 Å². The van der Waals surface area contributed by atoms with Gasteiger partial charge in [0.1, 0.15) is 0 Å². The van der Waals surface area contributed by atoms with E-state index in [1.807, 2.05) is 24.3 Å². The Morgan fingerprint density at radius 1 is 1.08 bits per heavy atom. The Bertz CT molecular complexity index is 748. The third kappa shape index (κ3) is 5.96. The number of nitrogens with one attached hydrogen (secondary N) is 2. The summed E-state index contributed by atoms with van der Waals surface area (Å²) in [5.41, 5.74) is 1.95. The number of halogens is 2. The number of carbonyl (C=O) groups is 2. The average Bonchev–Trinajstić information content (AvgIpc) is 2.62. The van der Waals surface area contributed by atoms with Crippen molar-refractivity contribution in [2.24, 2.45) is 0 Å². The van der Waals surface area contributed by atoms with Crippen LogP contribution in [0.3, 0.4) is 0 Å². The van der Waals surface area contributed by atoms with Crippen LogP contribution in [0.1, 0.15) is 15.9 Å². The van der Waals surface area contributed by atoms with Gasteiger partial charge in [-0.3, -0.25) is 4.79 Å². The first-order valence-corrected chi connectivity index (χ1v) is 8.38. The molecule has 7 heteroatoms. The minimum absolute atomic E-state index is 0.0466. The van der Waals surface area contributed by atoms with Gasteiger partial charge in [0.2, 0.25) is 5.91 Å². The van der Waals surface area contributed by atoms with Gasteiger partial charge in [-0.25, -0.2) is 4.79 Å². The van der Waals surface area contributed by atoms with Crippen LogP contribution in [0.4, 0.5) is 5.69 Å². The normalized spacial score (nSPS) is 10.2. The lowest BCUT2D eigenvalue weighted by molar-refractivity contribution is -0.119. The van der Waals surface area contributed by atoms with Crippen LogP contribution in [0.5, 0.6) is 0 Å². The third-order valence-corrected chi connectivity index (χ3v) is 4.06. The van der Waals surface area contributed by atoms with Crippen LogP contribution in [0.2, 0.25) is 10.0 Å². The first kappa shape index (κ1) is 19.1. The molecule has 2 aromatic carbocycles. The fourth-order valence-corrected chi connectivity index (χ4v) is 2.45. The summed E-state index contributed by atoms with van der Waals surface area (Å²) in [6, 6.07) is 12.2. The molecule has 0 saturated heterocycles. The van der Waals surface area contributed by atoms with Crippen molar-refractivity contribution in [3.63, 3.8) is 0 Å². The molecule has 25 heavy (non-hydrogen) atoms. The summed E-state index contributed by atoms with van der Waals surface area (Å²) in [7, 11) is 1.30. The van der Waals surface area contributed by atoms with E-state index >= 15 is 0 Å². The number of esters is 1. The van der Waals surface area contributed by atoms with E-state index in [0.717, 1.165) is 5.56 Å². The van der Waals surface area contributed by atoms with Gasteiger partial charge in [0.05, 0.1) is 29.9 Å². The van der Waals surface area contributed by atoms with Crippen molar-refractivity contribution in [2.45, 2.75) is 6.42 Å². The summed E-state index contributed by atoms with van der Waals surface area (Å²) >= 11 is 11.9. The zero-order chi connectivity index (χ0) is 18.2. The standard InChI is InChI=1S/C18H18Cl2N2O3/c1-25-18(24)13-4-7-15(20)16(10-13)22-11-17(23)21-9-8-12-2-5-14(19)6-3-12/h2-7,10,22H,8-9,11H2,1H3,(H,21,23). The molecule has 0 unspecified atom stereocenters. The molecule has 2 rings (SSSR count). The minimum Gasteiger partial charge on any atom is -0.465 e. The minimum atomic E-state index is -0.466. The first-order chi connectivity index (χ1) is 12.0. The summed E-state index contributed by atoms with van der Waals surface area (Å²) < 4.78 is 4.66. The Morgan fingerprint density at radius 3 is 2.48 bits per heavy atom. The maximum atomic E-state index is 11.9. The highest BCUT2D eigenvalue weighted by Crippen LogP contribution is 2.23. The summed E-state index contributed by atoms with van der Waals surface area (Å²) in [6.07, 6.45) is 0.710. The number of methoxy groups -OCH3 is 1. The molecule has 2 aromatic rings. The van der Waals surface area contributed by atoms with E-state index in [4.69, 9.17) is 23.2 Å². The van der Waals surface area contributed by atoms with E-state index in [9.17, 15) is 9.59 Å². The average molecular weight is 381 g/mol. The monoisotopic (exact) mass is 380 g/mol. The number of benzene rings is 2. The molecule has 5 nitrogen and oxygen atoms in total. The predicted molar refractivity (Wildman–Crippen MR) is 99.4 cm³/mol. The van der Waals surface area contributed by atoms with E-state index in [1.165, 1.54) is 7.11 Å². The zero-order valence-electron chi connectivity index (χ0n) is 13.6. The number of anilines is 1. The molecule has 0 aromatic heterocycles. The van der Waals surface area contributed by atoms with Gasteiger partial charge in [-0.15, -0.1) is 0 Å². The SMILES string of the molecule is COC(=O)c1ccc(Cl)c(NCC(=O)NCCc2ccc(Cl)cc2)c1. The molecule has 0 bridgehead atoms. The lowest BCUT2D eigenvalue weighted by Crippen LogP contribution is -2.31. The van der Waals surface area contributed by atoms with Crippen molar-refractivity contribution in [3.8, 4) is 0 Å². The molecule has 0 aliphatic heterocycles. The lowest BCUT2D eigenvalue weighted by Gasteiger charge is -2.10. The highest BCUT2D eigenvalue weighted by Gasteiger charge is 2.10. The number of hydrogen-bond acceptors (Lipinski definition) is 4. The maximum Gasteiger partial charge on any atom is 0.337 e. The van der Waals surface area contributed by atoms with Gasteiger partial charge >= 0.3 is 5.97 Å². The molecule has 132 valence electrons. The smallest absolute Gasteiger partial charge is 0.337 e. The van der Waals surface area contributed by atoms with Crippen LogP contribution in [0, 0.1) is 0 Å². The topological polar surface area (TPSA) is 67.4 Å². The highest BCUT2D eigenvalue weighted by molar-refractivity contribution is 6.33. The maximum absolute atomic E-state index is 11.9. The molecule has 1 amide bonds. The van der Waals surface area contributed by atoms with Crippen LogP contribution < -0.4 is 10.6 Å². The fourth-order valence-electron chi connectivity index (χ4n) is 2.14. The molecular formula is C18H18Cl2N2O3. The van der Waals surface area contributed by atoms with E-state index in [0.29, 0.717) is 34.3 Å². The molecule has 0 saturated carbocycles. The Labute approximate surface area is 156 Å². The van der Waals surface area contributed by atoms with Crippen molar-refractivity contribution in [3.05, 3.63) is 63.6 Å². The first-order valence-electron chi connectivity index (χ1n) is 7.62. The van der Waals surface area contributed by atoms with Crippen LogP contribution in [-0.4, -0.2) is 32.1 Å². The summed E-state index contributed by atoms with van der Waals surface area (Å²) in [5, 5.41) is 6.84. The highest BCUT2D eigenvalue weighted by atomic mass is 35.5. The predicted octanol–water partition coefficient (Wildman–Crippen LogP) is 3.55. The second-order valence-electron chi connectivity index (χ2n) is 5.27. The third-order valence-electron chi connectivity index (χ3n) is 3.48. The van der Waals surface area contributed by atoms with E-state index in [-0.39, 0.29) is 12.5 Å². The second kappa shape index (κ2) is 9.30. The number of ether oxygens (including phenoxy) is 1. The number of hydrogen-bond donors (Lipinski definition) is 2. The van der Waals surface area contributed by atoms with E-state index < -0.39 is 5.97 Å². The number of rotatable bonds is 7. The van der Waals surface area contributed by atoms with Crippen LogP contribution in [-0.2, 0) is 16.0 Å². The van der Waals surface area contributed by atoms with Crippen molar-refractivity contribution >= 4 is 40.8 Å². The quantitative estimate of drug-likeness (QED) is 0.720. The number of carbonyl (C=O) groups excluding carboxylic acids is 2. The van der Waals surface area contributed by atoms with Crippen molar-refractivity contribution < 1.29 is 14.3 Å². The summed E-state index contributed by atoms with van der Waals surface area (Å²) in [5.74, 6) is -0.638. The number of amides is 1. The lowest BCUT2D eigenvalue weighted by atomic mass is 10.1. The van der Waals surface area contributed by atoms with Crippen LogP contribution in [0.15, 0.2) is 42.5 Å². The van der Waals surface area contributed by atoms with Gasteiger partial charge in [0.25, 0.3) is 0 Å². The van der Waals surface area contributed by atoms with Gasteiger partial charge < -0.3 is 15.4 Å². The molecule has 0 heterocycles.